The number of carbonyl (C=O) groups is 1. The van der Waals surface area contributed by atoms with E-state index in [1.165, 1.54) is 30.7 Å². The number of hydrogen-bond acceptors (Lipinski definition) is 6. The molecule has 6 nitrogen and oxygen atoms in total. The molecule has 0 spiro atoms. The van der Waals surface area contributed by atoms with Gasteiger partial charge in [-0.1, -0.05) is 11.3 Å². The van der Waals surface area contributed by atoms with Crippen molar-refractivity contribution in [3.63, 3.8) is 0 Å². The molecule has 116 valence electrons. The van der Waals surface area contributed by atoms with E-state index in [1.807, 2.05) is 11.8 Å². The predicted molar refractivity (Wildman–Crippen MR) is 85.8 cm³/mol. The number of carbonyl (C=O) groups excluding carboxylic acids is 1. The van der Waals surface area contributed by atoms with E-state index in [0.29, 0.717) is 10.7 Å². The van der Waals surface area contributed by atoms with Crippen molar-refractivity contribution >= 4 is 28.2 Å². The first-order valence-corrected chi connectivity index (χ1v) is 8.50. The van der Waals surface area contributed by atoms with Gasteiger partial charge in [0.2, 0.25) is 0 Å². The molecular weight excluding hydrogens is 286 g/mol. The molecule has 0 atom stereocenters. The summed E-state index contributed by atoms with van der Waals surface area (Å²) >= 11 is 1.36. The van der Waals surface area contributed by atoms with Crippen LogP contribution >= 0.6 is 11.3 Å². The topological polar surface area (TPSA) is 74.5 Å². The van der Waals surface area contributed by atoms with Gasteiger partial charge >= 0.3 is 0 Å². The predicted octanol–water partition coefficient (Wildman–Crippen LogP) is 1.32. The van der Waals surface area contributed by atoms with Crippen LogP contribution in [0.4, 0.5) is 10.9 Å². The van der Waals surface area contributed by atoms with Gasteiger partial charge < -0.3 is 16.0 Å². The van der Waals surface area contributed by atoms with Gasteiger partial charge in [0, 0.05) is 39.3 Å². The molecule has 1 aromatic heterocycles. The van der Waals surface area contributed by atoms with Crippen LogP contribution in [0.1, 0.15) is 29.4 Å². The number of anilines is 2. The Hall–Kier alpha value is -1.34. The lowest BCUT2D eigenvalue weighted by Crippen LogP contribution is -2.49. The lowest BCUT2D eigenvalue weighted by Gasteiger charge is -2.34. The van der Waals surface area contributed by atoms with Crippen molar-refractivity contribution in [3.8, 4) is 0 Å². The third kappa shape index (κ3) is 3.47. The molecule has 1 amide bonds. The minimum absolute atomic E-state index is 0.0280. The summed E-state index contributed by atoms with van der Waals surface area (Å²) < 4.78 is 0. The highest BCUT2D eigenvalue weighted by atomic mass is 32.1. The number of thiazole rings is 1. The third-order valence-corrected chi connectivity index (χ3v) is 5.07. The Morgan fingerprint density at radius 2 is 2.10 bits per heavy atom. The van der Waals surface area contributed by atoms with Gasteiger partial charge in [-0.15, -0.1) is 0 Å². The van der Waals surface area contributed by atoms with Crippen LogP contribution < -0.4 is 11.1 Å². The van der Waals surface area contributed by atoms with Crippen molar-refractivity contribution < 1.29 is 4.79 Å². The maximum Gasteiger partial charge on any atom is 0.267 e. The van der Waals surface area contributed by atoms with E-state index >= 15 is 0 Å². The van der Waals surface area contributed by atoms with Crippen molar-refractivity contribution in [1.82, 2.24) is 14.8 Å². The van der Waals surface area contributed by atoms with E-state index in [4.69, 9.17) is 5.73 Å². The molecule has 0 radical (unpaired) electrons. The molecule has 7 heteroatoms. The quantitative estimate of drug-likeness (QED) is 0.858. The lowest BCUT2D eigenvalue weighted by atomic mass is 10.2. The Morgan fingerprint density at radius 1 is 1.38 bits per heavy atom. The van der Waals surface area contributed by atoms with Gasteiger partial charge in [-0.05, 0) is 25.7 Å². The van der Waals surface area contributed by atoms with Crippen LogP contribution in [0.3, 0.4) is 0 Å². The van der Waals surface area contributed by atoms with Crippen LogP contribution in [0.2, 0.25) is 0 Å². The average Bonchev–Trinajstić information content (AvgIpc) is 3.21. The van der Waals surface area contributed by atoms with Crippen LogP contribution in [0.5, 0.6) is 0 Å². The molecular formula is C14H23N5OS. The first-order valence-electron chi connectivity index (χ1n) is 7.69. The van der Waals surface area contributed by atoms with E-state index in [9.17, 15) is 4.79 Å². The molecule has 3 rings (SSSR count). The highest BCUT2D eigenvalue weighted by molar-refractivity contribution is 7.18. The van der Waals surface area contributed by atoms with Crippen LogP contribution in [0.25, 0.3) is 0 Å². The molecule has 3 N–H and O–H groups in total. The summed E-state index contributed by atoms with van der Waals surface area (Å²) in [6.07, 6.45) is 2.76. The number of nitrogens with zero attached hydrogens (tertiary/aromatic N) is 3. The van der Waals surface area contributed by atoms with Crippen LogP contribution in [0.15, 0.2) is 0 Å². The average molecular weight is 309 g/mol. The molecule has 1 saturated carbocycles. The Labute approximate surface area is 129 Å². The molecule has 1 saturated heterocycles. The number of amides is 1. The molecule has 2 fully saturated rings. The second-order valence-corrected chi connectivity index (χ2v) is 6.80. The van der Waals surface area contributed by atoms with Gasteiger partial charge in [0.1, 0.15) is 10.7 Å². The molecule has 0 aromatic carbocycles. The van der Waals surface area contributed by atoms with Gasteiger partial charge in [-0.3, -0.25) is 9.69 Å². The molecule has 2 aliphatic rings. The van der Waals surface area contributed by atoms with Gasteiger partial charge in [0.25, 0.3) is 5.91 Å². The van der Waals surface area contributed by atoms with Gasteiger partial charge in [-0.2, -0.15) is 0 Å². The lowest BCUT2D eigenvalue weighted by molar-refractivity contribution is 0.0637. The second kappa shape index (κ2) is 6.19. The van der Waals surface area contributed by atoms with Gasteiger partial charge in [-0.25, -0.2) is 4.98 Å². The number of hydrogen-bond donors (Lipinski definition) is 2. The summed E-state index contributed by atoms with van der Waals surface area (Å²) in [7, 11) is 0. The molecule has 21 heavy (non-hydrogen) atoms. The zero-order chi connectivity index (χ0) is 14.8. The minimum Gasteiger partial charge on any atom is -0.382 e. The number of aromatic nitrogens is 1. The summed E-state index contributed by atoms with van der Waals surface area (Å²) in [4.78, 5) is 21.7. The summed E-state index contributed by atoms with van der Waals surface area (Å²) in [6, 6.07) is 0. The van der Waals surface area contributed by atoms with Crippen molar-refractivity contribution in [3.05, 3.63) is 4.88 Å². The van der Waals surface area contributed by atoms with Crippen LogP contribution in [0, 0.1) is 5.92 Å². The fourth-order valence-electron chi connectivity index (χ4n) is 2.65. The number of nitrogen functional groups attached to an aromatic ring is 1. The van der Waals surface area contributed by atoms with Gasteiger partial charge in [0.05, 0.1) is 0 Å². The maximum atomic E-state index is 12.5. The number of nitrogens with two attached hydrogens (primary N) is 1. The van der Waals surface area contributed by atoms with Crippen molar-refractivity contribution in [1.29, 1.82) is 0 Å². The van der Waals surface area contributed by atoms with Gasteiger partial charge in [0.15, 0.2) is 5.13 Å². The van der Waals surface area contributed by atoms with E-state index in [1.54, 1.807) is 0 Å². The monoisotopic (exact) mass is 309 g/mol. The number of piperazine rings is 1. The van der Waals surface area contributed by atoms with Crippen molar-refractivity contribution in [2.24, 2.45) is 5.92 Å². The Morgan fingerprint density at radius 3 is 2.71 bits per heavy atom. The number of nitrogens with one attached hydrogen (secondary N) is 1. The normalized spacial score (nSPS) is 19.8. The van der Waals surface area contributed by atoms with E-state index in [0.717, 1.165) is 43.8 Å². The maximum absolute atomic E-state index is 12.5. The Kier molecular flexibility index (Phi) is 4.30. The minimum atomic E-state index is 0.0280. The van der Waals surface area contributed by atoms with E-state index in [-0.39, 0.29) is 5.91 Å². The second-order valence-electron chi connectivity index (χ2n) is 5.80. The first kappa shape index (κ1) is 14.6. The van der Waals surface area contributed by atoms with Crippen LogP contribution in [-0.2, 0) is 0 Å². The molecule has 1 aromatic rings. The van der Waals surface area contributed by atoms with E-state index in [2.05, 4.69) is 15.2 Å². The Balaban J connectivity index is 1.57. The molecule has 1 aliphatic heterocycles. The summed E-state index contributed by atoms with van der Waals surface area (Å²) in [5.74, 6) is 1.29. The summed E-state index contributed by atoms with van der Waals surface area (Å²) in [6.45, 7) is 7.51. The standard InChI is InChI=1S/C14H23N5OS/c1-2-16-14-17-12(15)11(21-14)13(20)19-7-5-18(6-8-19)9-10-3-4-10/h10H,2-9,15H2,1H3,(H,16,17). The van der Waals surface area contributed by atoms with E-state index < -0.39 is 0 Å². The fourth-order valence-corrected chi connectivity index (χ4v) is 3.58. The SMILES string of the molecule is CCNc1nc(N)c(C(=O)N2CCN(CC3CC3)CC2)s1. The summed E-state index contributed by atoms with van der Waals surface area (Å²) in [5.41, 5.74) is 5.88. The third-order valence-electron chi connectivity index (χ3n) is 4.05. The molecule has 0 bridgehead atoms. The van der Waals surface area contributed by atoms with Crippen molar-refractivity contribution in [2.45, 2.75) is 19.8 Å². The molecule has 0 unspecified atom stereocenters. The zero-order valence-electron chi connectivity index (χ0n) is 12.5. The fraction of sp³-hybridized carbons (Fsp3) is 0.714. The molecule has 1 aliphatic carbocycles. The first-order chi connectivity index (χ1) is 10.2. The number of rotatable bonds is 5. The molecule has 2 heterocycles. The van der Waals surface area contributed by atoms with Crippen LogP contribution in [-0.4, -0.2) is 60.0 Å². The largest absolute Gasteiger partial charge is 0.382 e. The Bertz CT molecular complexity index is 505. The highest BCUT2D eigenvalue weighted by Crippen LogP contribution is 2.30. The smallest absolute Gasteiger partial charge is 0.267 e. The zero-order valence-corrected chi connectivity index (χ0v) is 13.3. The summed E-state index contributed by atoms with van der Waals surface area (Å²) in [5, 5.41) is 3.84. The van der Waals surface area contributed by atoms with Crippen molar-refractivity contribution in [2.75, 3.05) is 50.3 Å². The highest BCUT2D eigenvalue weighted by Gasteiger charge is 2.29.